The highest BCUT2D eigenvalue weighted by Gasteiger charge is 2.57. The summed E-state index contributed by atoms with van der Waals surface area (Å²) in [5.74, 6) is -0.516. The zero-order valence-electron chi connectivity index (χ0n) is 25.8. The molecule has 0 saturated carbocycles. The van der Waals surface area contributed by atoms with Gasteiger partial charge in [-0.25, -0.2) is 9.65 Å². The Morgan fingerprint density at radius 1 is 1.25 bits per heavy atom. The number of carbonyl (C=O) groups excluding carboxylic acids is 1. The van der Waals surface area contributed by atoms with E-state index in [1.807, 2.05) is 25.1 Å². The molecule has 238 valence electrons. The Hall–Kier alpha value is -2.77. The molecule has 0 spiro atoms. The third kappa shape index (κ3) is 5.71. The molecule has 1 amide bonds. The number of amides is 1. The van der Waals surface area contributed by atoms with Crippen LogP contribution in [0.1, 0.15) is 58.7 Å². The number of aromatic amines is 1. The average Bonchev–Trinajstić information content (AvgIpc) is 3.79. The van der Waals surface area contributed by atoms with Gasteiger partial charge in [0, 0.05) is 19.6 Å². The number of H-pyrrole nitrogens is 1. The van der Waals surface area contributed by atoms with Crippen molar-refractivity contribution >= 4 is 31.5 Å². The minimum atomic E-state index is -1.42. The lowest BCUT2D eigenvalue weighted by molar-refractivity contribution is -0.118. The molecule has 6 rings (SSSR count). The third-order valence-corrected chi connectivity index (χ3v) is 10.5. The molecular formula is C30H41N6O7P. The first-order chi connectivity index (χ1) is 21.2. The number of aromatic nitrogens is 4. The fourth-order valence-electron chi connectivity index (χ4n) is 6.25. The Balaban J connectivity index is 1.32. The van der Waals surface area contributed by atoms with Gasteiger partial charge in [0.15, 0.2) is 17.4 Å². The fraction of sp³-hybridized carbons (Fsp3) is 0.600. The van der Waals surface area contributed by atoms with Gasteiger partial charge in [0.2, 0.25) is 11.9 Å². The van der Waals surface area contributed by atoms with Gasteiger partial charge < -0.3 is 23.3 Å². The largest absolute Gasteiger partial charge is 0.382 e. The van der Waals surface area contributed by atoms with Crippen LogP contribution in [0, 0.1) is 5.92 Å². The number of hydrogen-bond acceptors (Lipinski definition) is 10. The van der Waals surface area contributed by atoms with E-state index in [2.05, 4.69) is 44.0 Å². The minimum absolute atomic E-state index is 0.0423. The predicted octanol–water partition coefficient (Wildman–Crippen LogP) is 4.08. The Morgan fingerprint density at radius 2 is 2.05 bits per heavy atom. The summed E-state index contributed by atoms with van der Waals surface area (Å²) in [5, 5.41) is 2.68. The molecule has 3 aliphatic rings. The number of methoxy groups -OCH3 is 1. The topological polar surface area (TPSA) is 142 Å². The molecule has 3 aliphatic heterocycles. The van der Waals surface area contributed by atoms with Crippen LogP contribution in [0.4, 0.5) is 5.95 Å². The van der Waals surface area contributed by atoms with Crippen molar-refractivity contribution in [2.45, 2.75) is 83.1 Å². The summed E-state index contributed by atoms with van der Waals surface area (Å²) >= 11 is 0. The van der Waals surface area contributed by atoms with Gasteiger partial charge in [0.1, 0.15) is 17.8 Å². The van der Waals surface area contributed by atoms with Gasteiger partial charge in [-0.05, 0) is 31.7 Å². The smallest absolute Gasteiger partial charge is 0.280 e. The number of nitrogens with one attached hydrogen (secondary N) is 2. The maximum atomic E-state index is 12.9. The second-order valence-corrected chi connectivity index (χ2v) is 13.3. The zero-order chi connectivity index (χ0) is 31.0. The van der Waals surface area contributed by atoms with Crippen LogP contribution in [-0.4, -0.2) is 81.3 Å². The van der Waals surface area contributed by atoms with Crippen molar-refractivity contribution in [3.63, 3.8) is 0 Å². The van der Waals surface area contributed by atoms with Crippen LogP contribution >= 0.6 is 8.53 Å². The highest BCUT2D eigenvalue weighted by Crippen LogP contribution is 2.64. The maximum absolute atomic E-state index is 12.9. The lowest BCUT2D eigenvalue weighted by atomic mass is 9.87. The van der Waals surface area contributed by atoms with Crippen molar-refractivity contribution in [2.24, 2.45) is 5.92 Å². The maximum Gasteiger partial charge on any atom is 0.280 e. The Bertz CT molecular complexity index is 1520. The van der Waals surface area contributed by atoms with Crippen LogP contribution in [0.2, 0.25) is 0 Å². The quantitative estimate of drug-likeness (QED) is 0.236. The molecule has 44 heavy (non-hydrogen) atoms. The molecule has 0 radical (unpaired) electrons. The van der Waals surface area contributed by atoms with Gasteiger partial charge in [-0.3, -0.25) is 24.5 Å². The lowest BCUT2D eigenvalue weighted by Gasteiger charge is -2.29. The SMILES string of the molecule is CC[C@H]1O[C@@H](n2cnc3c(=O)[nH]c(NC(=O)C(C)C)nc32)[C@@H](OCCOC)C1O[P@@]1O[C@](C)(c2ccccc2)[C@@H]2CCCN21. The van der Waals surface area contributed by atoms with Crippen LogP contribution in [0.3, 0.4) is 0 Å². The van der Waals surface area contributed by atoms with Gasteiger partial charge in [0.25, 0.3) is 14.1 Å². The Kier molecular flexibility index (Phi) is 9.17. The number of anilines is 1. The van der Waals surface area contributed by atoms with Crippen molar-refractivity contribution in [1.82, 2.24) is 24.2 Å². The standard InChI is InChI=1S/C30H41N6O7P/c1-6-20-23(42-44-36-14-10-13-21(36)30(4,43-44)19-11-8-7-9-12-19)24(40-16-15-39-5)28(41-20)35-17-31-22-25(35)32-29(34-27(22)38)33-26(37)18(2)3/h7-9,11-12,17-18,20-21,23-24,28H,6,10,13-16H2,1-5H3,(H2,32,33,34,37,38)/t20-,21+,23?,24+,28-,30-,44+/m1/s1. The van der Waals surface area contributed by atoms with Crippen LogP contribution in [-0.2, 0) is 33.7 Å². The van der Waals surface area contributed by atoms with Crippen LogP contribution < -0.4 is 10.9 Å². The van der Waals surface area contributed by atoms with E-state index in [1.165, 1.54) is 6.33 Å². The van der Waals surface area contributed by atoms with Gasteiger partial charge in [-0.1, -0.05) is 51.1 Å². The number of hydrogen-bond donors (Lipinski definition) is 2. The number of benzene rings is 1. The molecule has 2 aromatic heterocycles. The molecule has 0 aliphatic carbocycles. The van der Waals surface area contributed by atoms with Crippen molar-refractivity contribution in [3.8, 4) is 0 Å². The van der Waals surface area contributed by atoms with Gasteiger partial charge in [-0.15, -0.1) is 0 Å². The molecule has 1 aromatic carbocycles. The molecule has 3 fully saturated rings. The molecule has 13 nitrogen and oxygen atoms in total. The Morgan fingerprint density at radius 3 is 2.77 bits per heavy atom. The van der Waals surface area contributed by atoms with Crippen molar-refractivity contribution in [2.75, 3.05) is 32.2 Å². The van der Waals surface area contributed by atoms with Crippen LogP contribution in [0.5, 0.6) is 0 Å². The first-order valence-corrected chi connectivity index (χ1v) is 16.4. The molecular weight excluding hydrogens is 587 g/mol. The summed E-state index contributed by atoms with van der Waals surface area (Å²) in [6.45, 7) is 9.30. The molecule has 14 heteroatoms. The third-order valence-electron chi connectivity index (χ3n) is 8.65. The Labute approximate surface area is 257 Å². The average molecular weight is 629 g/mol. The molecule has 5 heterocycles. The number of nitrogens with zero attached hydrogens (tertiary/aromatic N) is 4. The highest BCUT2D eigenvalue weighted by molar-refractivity contribution is 7.45. The first kappa shape index (κ1) is 31.2. The van der Waals surface area contributed by atoms with Crippen molar-refractivity contribution < 1.29 is 28.1 Å². The normalized spacial score (nSPS) is 30.4. The lowest BCUT2D eigenvalue weighted by Crippen LogP contribution is -2.37. The number of rotatable bonds is 11. The number of carbonyl (C=O) groups is 1. The van der Waals surface area contributed by atoms with E-state index < -0.39 is 38.1 Å². The predicted molar refractivity (Wildman–Crippen MR) is 164 cm³/mol. The van der Waals surface area contributed by atoms with Crippen molar-refractivity contribution in [3.05, 3.63) is 52.6 Å². The molecule has 1 unspecified atom stereocenters. The summed E-state index contributed by atoms with van der Waals surface area (Å²) in [5.41, 5.74) is 0.566. The van der Waals surface area contributed by atoms with E-state index in [4.69, 9.17) is 23.3 Å². The van der Waals surface area contributed by atoms with E-state index >= 15 is 0 Å². The number of ether oxygens (including phenoxy) is 3. The van der Waals surface area contributed by atoms with Gasteiger partial charge in [-0.2, -0.15) is 4.98 Å². The summed E-state index contributed by atoms with van der Waals surface area (Å²) in [4.78, 5) is 36.8. The van der Waals surface area contributed by atoms with E-state index in [0.717, 1.165) is 24.9 Å². The minimum Gasteiger partial charge on any atom is -0.382 e. The molecule has 2 N–H and O–H groups in total. The highest BCUT2D eigenvalue weighted by atomic mass is 31.2. The van der Waals surface area contributed by atoms with E-state index in [-0.39, 0.29) is 41.1 Å². The van der Waals surface area contributed by atoms with Gasteiger partial charge >= 0.3 is 0 Å². The monoisotopic (exact) mass is 628 g/mol. The molecule has 7 atom stereocenters. The van der Waals surface area contributed by atoms with Gasteiger partial charge in [0.05, 0.1) is 31.7 Å². The summed E-state index contributed by atoms with van der Waals surface area (Å²) in [6, 6.07) is 10.5. The summed E-state index contributed by atoms with van der Waals surface area (Å²) in [7, 11) is 0.196. The zero-order valence-corrected chi connectivity index (χ0v) is 26.7. The summed E-state index contributed by atoms with van der Waals surface area (Å²) in [6.07, 6.45) is 2.18. The summed E-state index contributed by atoms with van der Waals surface area (Å²) < 4.78 is 36.1. The molecule has 3 aromatic rings. The molecule has 0 bridgehead atoms. The number of fused-ring (bicyclic) bond motifs is 2. The van der Waals surface area contributed by atoms with Crippen molar-refractivity contribution in [1.29, 1.82) is 0 Å². The van der Waals surface area contributed by atoms with Crippen LogP contribution in [0.25, 0.3) is 11.2 Å². The second kappa shape index (κ2) is 12.9. The first-order valence-electron chi connectivity index (χ1n) is 15.3. The van der Waals surface area contributed by atoms with E-state index in [1.54, 1.807) is 25.5 Å². The fourth-order valence-corrected chi connectivity index (χ4v) is 8.40. The van der Waals surface area contributed by atoms with Crippen LogP contribution in [0.15, 0.2) is 41.5 Å². The second-order valence-electron chi connectivity index (χ2n) is 11.9. The van der Waals surface area contributed by atoms with E-state index in [9.17, 15) is 9.59 Å². The van der Waals surface area contributed by atoms with E-state index in [0.29, 0.717) is 19.6 Å². The molecule has 3 saturated heterocycles. The number of imidazole rings is 1.